The van der Waals surface area contributed by atoms with Crippen LogP contribution >= 0.6 is 11.6 Å². The Morgan fingerprint density at radius 1 is 1.08 bits per heavy atom. The summed E-state index contributed by atoms with van der Waals surface area (Å²) in [6, 6.07) is 12.5. The van der Waals surface area contributed by atoms with Gasteiger partial charge in [-0.05, 0) is 48.5 Å². The molecular weight excluding hydrogens is 504 g/mol. The van der Waals surface area contributed by atoms with E-state index in [2.05, 4.69) is 31.8 Å². The minimum absolute atomic E-state index is 0.0279. The Morgan fingerprint density at radius 2 is 1.89 bits per heavy atom. The number of carboxylic acid groups (broad SMARTS) is 1. The maximum absolute atomic E-state index is 13.4. The van der Waals surface area contributed by atoms with Gasteiger partial charge in [0.2, 0.25) is 0 Å². The van der Waals surface area contributed by atoms with Crippen LogP contribution in [0.15, 0.2) is 65.8 Å². The highest BCUT2D eigenvalue weighted by molar-refractivity contribution is 7.93. The first-order chi connectivity index (χ1) is 17.2. The van der Waals surface area contributed by atoms with Crippen molar-refractivity contribution in [2.75, 3.05) is 24.2 Å². The van der Waals surface area contributed by atoms with Crippen molar-refractivity contribution in [2.45, 2.75) is 4.90 Å². The molecule has 0 atom stereocenters. The van der Waals surface area contributed by atoms with E-state index < -0.39 is 16.0 Å². The summed E-state index contributed by atoms with van der Waals surface area (Å²) in [7, 11) is -1.01. The average molecular weight is 523 g/mol. The molecule has 2 aromatic heterocycles. The highest BCUT2D eigenvalue weighted by Gasteiger charge is 2.21. The van der Waals surface area contributed by atoms with Crippen LogP contribution in [0.5, 0.6) is 5.75 Å². The van der Waals surface area contributed by atoms with Crippen LogP contribution in [0, 0.1) is 11.8 Å². The van der Waals surface area contributed by atoms with Gasteiger partial charge >= 0.3 is 5.97 Å². The molecule has 0 fully saturated rings. The van der Waals surface area contributed by atoms with E-state index in [1.54, 1.807) is 25.2 Å². The molecule has 11 heteroatoms. The van der Waals surface area contributed by atoms with Crippen LogP contribution in [0.25, 0.3) is 10.9 Å². The zero-order valence-electron chi connectivity index (χ0n) is 19.0. The Morgan fingerprint density at radius 3 is 2.61 bits per heavy atom. The van der Waals surface area contributed by atoms with Crippen LogP contribution in [0.3, 0.4) is 0 Å². The third-order valence-corrected chi connectivity index (χ3v) is 6.76. The lowest BCUT2D eigenvalue weighted by Crippen LogP contribution is -2.15. The molecule has 0 radical (unpaired) electrons. The van der Waals surface area contributed by atoms with Crippen molar-refractivity contribution in [1.82, 2.24) is 9.97 Å². The summed E-state index contributed by atoms with van der Waals surface area (Å²) in [4.78, 5) is 19.4. The Hall–Kier alpha value is -4.33. The van der Waals surface area contributed by atoms with E-state index in [1.165, 1.54) is 49.8 Å². The quantitative estimate of drug-likeness (QED) is 0.321. The maximum Gasteiger partial charge on any atom is 0.356 e. The molecule has 3 N–H and O–H groups in total. The average Bonchev–Trinajstić information content (AvgIpc) is 2.87. The van der Waals surface area contributed by atoms with E-state index in [9.17, 15) is 18.3 Å². The summed E-state index contributed by atoms with van der Waals surface area (Å²) in [6.07, 6.45) is 2.82. The number of carboxylic acids is 1. The van der Waals surface area contributed by atoms with Crippen molar-refractivity contribution >= 4 is 49.9 Å². The molecule has 0 unspecified atom stereocenters. The molecule has 36 heavy (non-hydrogen) atoms. The highest BCUT2D eigenvalue weighted by Crippen LogP contribution is 2.31. The number of aromatic nitrogens is 2. The number of methoxy groups -OCH3 is 1. The number of sulfonamides is 1. The van der Waals surface area contributed by atoms with Crippen molar-refractivity contribution in [3.05, 3.63) is 82.8 Å². The topological polar surface area (TPSA) is 131 Å². The van der Waals surface area contributed by atoms with Gasteiger partial charge in [-0.2, -0.15) is 0 Å². The zero-order valence-corrected chi connectivity index (χ0v) is 20.6. The monoisotopic (exact) mass is 522 g/mol. The number of benzene rings is 2. The van der Waals surface area contributed by atoms with Gasteiger partial charge < -0.3 is 15.2 Å². The number of hydrogen-bond acceptors (Lipinski definition) is 7. The molecule has 0 aliphatic carbocycles. The molecule has 182 valence electrons. The fourth-order valence-electron chi connectivity index (χ4n) is 3.46. The Labute approximate surface area is 212 Å². The van der Waals surface area contributed by atoms with Gasteiger partial charge in [-0.3, -0.25) is 9.71 Å². The van der Waals surface area contributed by atoms with Gasteiger partial charge in [-0.15, -0.1) is 0 Å². The predicted molar refractivity (Wildman–Crippen MR) is 137 cm³/mol. The second-order valence-electron chi connectivity index (χ2n) is 7.39. The normalized spacial score (nSPS) is 10.9. The summed E-state index contributed by atoms with van der Waals surface area (Å²) >= 11 is 6.15. The van der Waals surface area contributed by atoms with Crippen LogP contribution in [0.2, 0.25) is 5.02 Å². The number of nitrogens with zero attached hydrogens (tertiary/aromatic N) is 2. The number of carbonyl (C=O) groups is 1. The number of ether oxygens (including phenoxy) is 1. The second kappa shape index (κ2) is 10.1. The summed E-state index contributed by atoms with van der Waals surface area (Å²) < 4.78 is 34.6. The predicted octanol–water partition coefficient (Wildman–Crippen LogP) is 4.23. The van der Waals surface area contributed by atoms with Crippen LogP contribution in [-0.4, -0.2) is 43.6 Å². The third kappa shape index (κ3) is 5.02. The molecule has 9 nitrogen and oxygen atoms in total. The second-order valence-corrected chi connectivity index (χ2v) is 9.47. The van der Waals surface area contributed by atoms with Crippen molar-refractivity contribution in [1.29, 1.82) is 0 Å². The van der Waals surface area contributed by atoms with E-state index >= 15 is 0 Å². The number of pyridine rings is 2. The number of hydrogen-bond donors (Lipinski definition) is 3. The van der Waals surface area contributed by atoms with Crippen LogP contribution in [0.4, 0.5) is 11.4 Å². The minimum Gasteiger partial charge on any atom is -0.496 e. The zero-order chi connectivity index (χ0) is 25.9. The van der Waals surface area contributed by atoms with Crippen molar-refractivity contribution in [3.8, 4) is 17.6 Å². The molecule has 0 amide bonds. The molecule has 4 aromatic rings. The fraction of sp³-hybridized carbons (Fsp3) is 0.0800. The molecule has 0 bridgehead atoms. The lowest BCUT2D eigenvalue weighted by molar-refractivity contribution is 0.0691. The van der Waals surface area contributed by atoms with E-state index in [4.69, 9.17) is 16.3 Å². The number of halogens is 1. The van der Waals surface area contributed by atoms with Gasteiger partial charge in [0.1, 0.15) is 10.6 Å². The van der Waals surface area contributed by atoms with Gasteiger partial charge in [0.25, 0.3) is 10.0 Å². The van der Waals surface area contributed by atoms with E-state index in [0.29, 0.717) is 33.0 Å². The smallest absolute Gasteiger partial charge is 0.356 e. The third-order valence-electron chi connectivity index (χ3n) is 5.13. The molecule has 4 rings (SSSR count). The first-order valence-electron chi connectivity index (χ1n) is 10.4. The first-order valence-corrected chi connectivity index (χ1v) is 12.3. The van der Waals surface area contributed by atoms with Gasteiger partial charge in [0, 0.05) is 35.4 Å². The first kappa shape index (κ1) is 24.8. The summed E-state index contributed by atoms with van der Waals surface area (Å²) in [5.74, 6) is 5.08. The number of nitrogens with one attached hydrogen (secondary N) is 2. The van der Waals surface area contributed by atoms with E-state index in [1.807, 2.05) is 0 Å². The largest absolute Gasteiger partial charge is 0.496 e. The van der Waals surface area contributed by atoms with Crippen molar-refractivity contribution in [2.24, 2.45) is 0 Å². The molecule has 2 aromatic carbocycles. The number of anilines is 2. The fourth-order valence-corrected chi connectivity index (χ4v) is 4.87. The number of rotatable bonds is 6. The molecule has 0 spiro atoms. The lowest BCUT2D eigenvalue weighted by atomic mass is 10.1. The Bertz CT molecular complexity index is 1660. The van der Waals surface area contributed by atoms with E-state index in [-0.39, 0.29) is 21.8 Å². The lowest BCUT2D eigenvalue weighted by Gasteiger charge is -2.13. The van der Waals surface area contributed by atoms with Crippen molar-refractivity contribution < 1.29 is 23.1 Å². The highest BCUT2D eigenvalue weighted by atomic mass is 35.5. The van der Waals surface area contributed by atoms with Gasteiger partial charge in [0.05, 0.1) is 29.6 Å². The minimum atomic E-state index is -4.08. The maximum atomic E-state index is 13.4. The van der Waals surface area contributed by atoms with Gasteiger partial charge in [-0.25, -0.2) is 18.2 Å². The van der Waals surface area contributed by atoms with Gasteiger partial charge in [0.15, 0.2) is 5.69 Å². The summed E-state index contributed by atoms with van der Waals surface area (Å²) in [6.45, 7) is 0. The number of fused-ring (bicyclic) bond motifs is 1. The van der Waals surface area contributed by atoms with Crippen molar-refractivity contribution in [3.63, 3.8) is 0 Å². The Kier molecular flexibility index (Phi) is 6.96. The summed E-state index contributed by atoms with van der Waals surface area (Å²) in [5.41, 5.74) is 1.35. The molecule has 0 saturated carbocycles. The van der Waals surface area contributed by atoms with Crippen LogP contribution in [0.1, 0.15) is 21.6 Å². The van der Waals surface area contributed by atoms with Crippen LogP contribution < -0.4 is 14.8 Å². The molecule has 0 aliphatic heterocycles. The molecular formula is C25H19ClN4O5S. The Balaban J connectivity index is 1.74. The standard InChI is InChI=1S/C25H19ClN4O5S/c1-27-20-12-15(14-29-24(20)25(31)32)5-6-16-13-17(26)7-8-19(16)30-36(33,34)22-10-9-21(35-2)18-4-3-11-28-23(18)22/h3-4,7-14,27,30H,1-2H3,(H,31,32). The molecule has 0 aliphatic rings. The number of aromatic carboxylic acids is 1. The molecule has 2 heterocycles. The summed E-state index contributed by atoms with van der Waals surface area (Å²) in [5, 5.41) is 12.9. The molecule has 0 saturated heterocycles. The van der Waals surface area contributed by atoms with Crippen LogP contribution in [-0.2, 0) is 10.0 Å². The van der Waals surface area contributed by atoms with E-state index in [0.717, 1.165) is 0 Å². The SMILES string of the molecule is CNc1cc(C#Cc2cc(Cl)ccc2NS(=O)(=O)c2ccc(OC)c3cccnc23)cnc1C(=O)O. The van der Waals surface area contributed by atoms with Gasteiger partial charge in [-0.1, -0.05) is 23.4 Å².